The van der Waals surface area contributed by atoms with Crippen LogP contribution < -0.4 is 11.1 Å². The third-order valence-electron chi connectivity index (χ3n) is 7.27. The van der Waals surface area contributed by atoms with E-state index in [1.54, 1.807) is 0 Å². The van der Waals surface area contributed by atoms with E-state index in [1.165, 1.54) is 38.5 Å². The zero-order chi connectivity index (χ0) is 14.8. The number of amides is 1. The van der Waals surface area contributed by atoms with E-state index in [0.29, 0.717) is 17.4 Å². The Morgan fingerprint density at radius 1 is 1.14 bits per heavy atom. The Kier molecular flexibility index (Phi) is 2.99. The standard InChI is InChI=1S/C18H30N2O/c1-11(20-16(21)17(2,19)15-3-4-15)18-8-12-5-13(9-18)7-14(6-12)10-18/h11-15H,3-10,19H2,1-2H3,(H,20,21). The fourth-order valence-electron chi connectivity index (χ4n) is 6.08. The molecule has 3 nitrogen and oxygen atoms in total. The van der Waals surface area contributed by atoms with Crippen molar-refractivity contribution in [2.75, 3.05) is 0 Å². The molecule has 0 aromatic rings. The monoisotopic (exact) mass is 290 g/mol. The Morgan fingerprint density at radius 3 is 2.05 bits per heavy atom. The minimum absolute atomic E-state index is 0.0910. The Hall–Kier alpha value is -0.570. The average Bonchev–Trinajstić information content (AvgIpc) is 3.21. The molecule has 4 bridgehead atoms. The van der Waals surface area contributed by atoms with Crippen LogP contribution in [0.2, 0.25) is 0 Å². The normalized spacial score (nSPS) is 45.2. The van der Waals surface area contributed by atoms with Crippen LogP contribution in [-0.4, -0.2) is 17.5 Å². The summed E-state index contributed by atoms with van der Waals surface area (Å²) in [4.78, 5) is 12.6. The van der Waals surface area contributed by atoms with Gasteiger partial charge < -0.3 is 11.1 Å². The first-order valence-electron chi connectivity index (χ1n) is 8.99. The molecule has 3 N–H and O–H groups in total. The van der Waals surface area contributed by atoms with Gasteiger partial charge in [0.25, 0.3) is 0 Å². The number of nitrogens with one attached hydrogen (secondary N) is 1. The summed E-state index contributed by atoms with van der Waals surface area (Å²) in [5.74, 6) is 3.30. The van der Waals surface area contributed by atoms with Gasteiger partial charge in [0.2, 0.25) is 5.91 Å². The fraction of sp³-hybridized carbons (Fsp3) is 0.944. The second-order valence-corrected chi connectivity index (χ2v) is 9.03. The lowest BCUT2D eigenvalue weighted by Gasteiger charge is -2.59. The van der Waals surface area contributed by atoms with Gasteiger partial charge in [-0.3, -0.25) is 4.79 Å². The Balaban J connectivity index is 1.47. The second-order valence-electron chi connectivity index (χ2n) is 9.03. The van der Waals surface area contributed by atoms with Crippen LogP contribution in [0.3, 0.4) is 0 Å². The maximum absolute atomic E-state index is 12.6. The number of rotatable bonds is 4. The van der Waals surface area contributed by atoms with Gasteiger partial charge in [-0.2, -0.15) is 0 Å². The summed E-state index contributed by atoms with van der Waals surface area (Å²) < 4.78 is 0. The predicted molar refractivity (Wildman–Crippen MR) is 83.5 cm³/mol. The van der Waals surface area contributed by atoms with Crippen LogP contribution in [0.1, 0.15) is 65.2 Å². The van der Waals surface area contributed by atoms with Gasteiger partial charge in [0.15, 0.2) is 0 Å². The number of hydrogen-bond donors (Lipinski definition) is 2. The summed E-state index contributed by atoms with van der Waals surface area (Å²) >= 11 is 0. The van der Waals surface area contributed by atoms with Crippen LogP contribution in [0.4, 0.5) is 0 Å². The number of nitrogens with two attached hydrogens (primary N) is 1. The average molecular weight is 290 g/mol. The summed E-state index contributed by atoms with van der Waals surface area (Å²) in [5.41, 5.74) is 6.02. The van der Waals surface area contributed by atoms with E-state index in [4.69, 9.17) is 5.73 Å². The van der Waals surface area contributed by atoms with Gasteiger partial charge in [0.05, 0.1) is 5.54 Å². The van der Waals surface area contributed by atoms with Crippen molar-refractivity contribution in [2.45, 2.75) is 76.8 Å². The molecule has 1 amide bonds. The summed E-state index contributed by atoms with van der Waals surface area (Å²) in [6.45, 7) is 4.17. The molecule has 3 heteroatoms. The Morgan fingerprint density at radius 2 is 1.62 bits per heavy atom. The zero-order valence-corrected chi connectivity index (χ0v) is 13.5. The topological polar surface area (TPSA) is 55.1 Å². The molecule has 0 aromatic carbocycles. The summed E-state index contributed by atoms with van der Waals surface area (Å²) in [6, 6.07) is 0.292. The molecule has 21 heavy (non-hydrogen) atoms. The third kappa shape index (κ3) is 2.23. The number of hydrogen-bond acceptors (Lipinski definition) is 2. The van der Waals surface area contributed by atoms with E-state index in [-0.39, 0.29) is 5.91 Å². The molecule has 0 aromatic heterocycles. The molecule has 5 saturated carbocycles. The Bertz CT molecular complexity index is 417. The lowest BCUT2D eigenvalue weighted by Crippen LogP contribution is -2.61. The van der Waals surface area contributed by atoms with Crippen molar-refractivity contribution in [3.8, 4) is 0 Å². The largest absolute Gasteiger partial charge is 0.351 e. The minimum Gasteiger partial charge on any atom is -0.351 e. The van der Waals surface area contributed by atoms with Gasteiger partial charge in [-0.25, -0.2) is 0 Å². The van der Waals surface area contributed by atoms with Gasteiger partial charge in [-0.1, -0.05) is 0 Å². The van der Waals surface area contributed by atoms with E-state index in [9.17, 15) is 4.79 Å². The quantitative estimate of drug-likeness (QED) is 0.836. The van der Waals surface area contributed by atoms with Gasteiger partial charge >= 0.3 is 0 Å². The molecule has 5 aliphatic carbocycles. The molecule has 0 saturated heterocycles. The van der Waals surface area contributed by atoms with Crippen LogP contribution in [0.5, 0.6) is 0 Å². The first kappa shape index (κ1) is 14.0. The van der Waals surface area contributed by atoms with E-state index in [1.807, 2.05) is 6.92 Å². The van der Waals surface area contributed by atoms with E-state index in [0.717, 1.165) is 30.6 Å². The van der Waals surface area contributed by atoms with E-state index < -0.39 is 5.54 Å². The van der Waals surface area contributed by atoms with Crippen LogP contribution >= 0.6 is 0 Å². The number of carbonyl (C=O) groups is 1. The third-order valence-corrected chi connectivity index (χ3v) is 7.27. The SMILES string of the molecule is CC(NC(=O)C(C)(N)C1CC1)C12CC3CC(CC(C3)C1)C2. The molecule has 0 heterocycles. The van der Waals surface area contributed by atoms with Crippen LogP contribution in [-0.2, 0) is 4.79 Å². The van der Waals surface area contributed by atoms with Crippen LogP contribution in [0.15, 0.2) is 0 Å². The predicted octanol–water partition coefficient (Wildman–Crippen LogP) is 2.83. The fourth-order valence-corrected chi connectivity index (χ4v) is 6.08. The number of carbonyl (C=O) groups excluding carboxylic acids is 1. The first-order chi connectivity index (χ1) is 9.89. The highest BCUT2D eigenvalue weighted by Crippen LogP contribution is 2.61. The van der Waals surface area contributed by atoms with Crippen molar-refractivity contribution in [1.82, 2.24) is 5.32 Å². The molecule has 0 radical (unpaired) electrons. The van der Waals surface area contributed by atoms with Gasteiger partial charge in [0.1, 0.15) is 0 Å². The molecule has 5 fully saturated rings. The van der Waals surface area contributed by atoms with Crippen molar-refractivity contribution in [3.63, 3.8) is 0 Å². The van der Waals surface area contributed by atoms with Crippen LogP contribution in [0, 0.1) is 29.1 Å². The van der Waals surface area contributed by atoms with Crippen molar-refractivity contribution < 1.29 is 4.79 Å². The van der Waals surface area contributed by atoms with Gasteiger partial charge in [0, 0.05) is 6.04 Å². The summed E-state index contributed by atoms with van der Waals surface area (Å²) in [5, 5.41) is 3.33. The minimum atomic E-state index is -0.656. The van der Waals surface area contributed by atoms with Crippen LogP contribution in [0.25, 0.3) is 0 Å². The van der Waals surface area contributed by atoms with Crippen molar-refractivity contribution >= 4 is 5.91 Å². The molecular weight excluding hydrogens is 260 g/mol. The molecule has 0 spiro atoms. The summed E-state index contributed by atoms with van der Waals surface area (Å²) in [6.07, 6.45) is 10.6. The highest BCUT2D eigenvalue weighted by molar-refractivity contribution is 5.86. The maximum atomic E-state index is 12.6. The zero-order valence-electron chi connectivity index (χ0n) is 13.5. The van der Waals surface area contributed by atoms with Crippen molar-refractivity contribution in [2.24, 2.45) is 34.8 Å². The maximum Gasteiger partial charge on any atom is 0.240 e. The molecule has 0 aliphatic heterocycles. The van der Waals surface area contributed by atoms with E-state index in [2.05, 4.69) is 12.2 Å². The second kappa shape index (κ2) is 4.47. The highest BCUT2D eigenvalue weighted by Gasteiger charge is 2.54. The molecular formula is C18H30N2O. The molecule has 2 atom stereocenters. The van der Waals surface area contributed by atoms with E-state index >= 15 is 0 Å². The van der Waals surface area contributed by atoms with Crippen molar-refractivity contribution in [3.05, 3.63) is 0 Å². The smallest absolute Gasteiger partial charge is 0.240 e. The molecule has 5 aliphatic rings. The van der Waals surface area contributed by atoms with Crippen molar-refractivity contribution in [1.29, 1.82) is 0 Å². The molecule has 118 valence electrons. The highest BCUT2D eigenvalue weighted by atomic mass is 16.2. The molecule has 2 unspecified atom stereocenters. The Labute approximate surface area is 128 Å². The summed E-state index contributed by atoms with van der Waals surface area (Å²) in [7, 11) is 0. The lowest BCUT2D eigenvalue weighted by molar-refractivity contribution is -0.131. The molecule has 5 rings (SSSR count). The van der Waals surface area contributed by atoms with Gasteiger partial charge in [-0.05, 0) is 94.3 Å². The first-order valence-corrected chi connectivity index (χ1v) is 8.99. The lowest BCUT2D eigenvalue weighted by atomic mass is 9.48. The van der Waals surface area contributed by atoms with Gasteiger partial charge in [-0.15, -0.1) is 0 Å².